The summed E-state index contributed by atoms with van der Waals surface area (Å²) in [7, 11) is -6.98. The van der Waals surface area contributed by atoms with E-state index in [0.717, 1.165) is 31.9 Å². The predicted molar refractivity (Wildman–Crippen MR) is 107 cm³/mol. The average Bonchev–Trinajstić information content (AvgIpc) is 2.98. The maximum absolute atomic E-state index is 12.8. The van der Waals surface area contributed by atoms with E-state index in [1.165, 1.54) is 20.7 Å². The number of amides is 1. The SMILES string of the molecule is CS(=O)(=O)N1CCC[C@H]1C(=O)Nc1ccc(S(=O)(=O)N2CCCCCC2)cc1. The van der Waals surface area contributed by atoms with Crippen molar-refractivity contribution < 1.29 is 21.6 Å². The quantitative estimate of drug-likeness (QED) is 0.766. The molecular formula is C18H27N3O5S2. The fourth-order valence-electron chi connectivity index (χ4n) is 3.77. The van der Waals surface area contributed by atoms with Crippen molar-refractivity contribution in [1.29, 1.82) is 0 Å². The second-order valence-electron chi connectivity index (χ2n) is 7.36. The van der Waals surface area contributed by atoms with Crippen LogP contribution in [0, 0.1) is 0 Å². The fourth-order valence-corrected chi connectivity index (χ4v) is 6.41. The maximum Gasteiger partial charge on any atom is 0.243 e. The summed E-state index contributed by atoms with van der Waals surface area (Å²) in [6.07, 6.45) is 6.03. The van der Waals surface area contributed by atoms with Gasteiger partial charge in [0.1, 0.15) is 6.04 Å². The molecule has 0 radical (unpaired) electrons. The lowest BCUT2D eigenvalue weighted by Gasteiger charge is -2.22. The maximum atomic E-state index is 12.8. The third kappa shape index (κ3) is 4.73. The molecule has 0 saturated carbocycles. The highest BCUT2D eigenvalue weighted by molar-refractivity contribution is 7.89. The normalized spacial score (nSPS) is 22.7. The predicted octanol–water partition coefficient (Wildman–Crippen LogP) is 1.61. The lowest BCUT2D eigenvalue weighted by Crippen LogP contribution is -2.42. The van der Waals surface area contributed by atoms with Gasteiger partial charge in [-0.15, -0.1) is 0 Å². The van der Waals surface area contributed by atoms with Crippen LogP contribution in [0.15, 0.2) is 29.2 Å². The van der Waals surface area contributed by atoms with Crippen LogP contribution in [0.3, 0.4) is 0 Å². The molecule has 1 atom stereocenters. The molecule has 0 unspecified atom stereocenters. The highest BCUT2D eigenvalue weighted by Crippen LogP contribution is 2.24. The monoisotopic (exact) mass is 429 g/mol. The number of hydrogen-bond acceptors (Lipinski definition) is 5. The van der Waals surface area contributed by atoms with Crippen LogP contribution in [0.4, 0.5) is 5.69 Å². The molecule has 1 aromatic carbocycles. The molecule has 3 rings (SSSR count). The van der Waals surface area contributed by atoms with Gasteiger partial charge in [0.15, 0.2) is 0 Å². The van der Waals surface area contributed by atoms with Crippen LogP contribution in [0.5, 0.6) is 0 Å². The summed E-state index contributed by atoms with van der Waals surface area (Å²) in [5.74, 6) is -0.397. The highest BCUT2D eigenvalue weighted by atomic mass is 32.2. The largest absolute Gasteiger partial charge is 0.325 e. The number of nitrogens with zero attached hydrogens (tertiary/aromatic N) is 2. The van der Waals surface area contributed by atoms with Crippen molar-refractivity contribution in [3.05, 3.63) is 24.3 Å². The van der Waals surface area contributed by atoms with Gasteiger partial charge in [0.25, 0.3) is 0 Å². The molecule has 0 spiro atoms. The van der Waals surface area contributed by atoms with Gasteiger partial charge in [0, 0.05) is 25.3 Å². The molecule has 1 aromatic rings. The summed E-state index contributed by atoms with van der Waals surface area (Å²) in [6.45, 7) is 1.40. The number of carbonyl (C=O) groups excluding carboxylic acids is 1. The topological polar surface area (TPSA) is 104 Å². The lowest BCUT2D eigenvalue weighted by atomic mass is 10.2. The Hall–Kier alpha value is -1.49. The second-order valence-corrected chi connectivity index (χ2v) is 11.2. The first kappa shape index (κ1) is 21.2. The second kappa shape index (κ2) is 8.48. The van der Waals surface area contributed by atoms with Crippen LogP contribution in [0.1, 0.15) is 38.5 Å². The summed E-state index contributed by atoms with van der Waals surface area (Å²) in [5, 5.41) is 2.70. The van der Waals surface area contributed by atoms with Crippen LogP contribution < -0.4 is 5.32 Å². The lowest BCUT2D eigenvalue weighted by molar-refractivity contribution is -0.119. The molecule has 0 aliphatic carbocycles. The Kier molecular flexibility index (Phi) is 6.43. The summed E-state index contributed by atoms with van der Waals surface area (Å²) in [6, 6.07) is 5.33. The molecule has 1 amide bonds. The molecule has 0 aromatic heterocycles. The Morgan fingerprint density at radius 2 is 1.54 bits per heavy atom. The first-order valence-electron chi connectivity index (χ1n) is 9.57. The van der Waals surface area contributed by atoms with Crippen LogP contribution in [-0.4, -0.2) is 63.3 Å². The van der Waals surface area contributed by atoms with Gasteiger partial charge in [0.2, 0.25) is 26.0 Å². The third-order valence-corrected chi connectivity index (χ3v) is 8.46. The van der Waals surface area contributed by atoms with Gasteiger partial charge >= 0.3 is 0 Å². The molecule has 2 aliphatic rings. The Bertz CT molecular complexity index is 905. The van der Waals surface area contributed by atoms with E-state index in [2.05, 4.69) is 5.32 Å². The molecule has 1 N–H and O–H groups in total. The number of hydrogen-bond donors (Lipinski definition) is 1. The van der Waals surface area contributed by atoms with E-state index < -0.39 is 32.0 Å². The molecule has 10 heteroatoms. The molecule has 8 nitrogen and oxygen atoms in total. The van der Waals surface area contributed by atoms with Gasteiger partial charge in [-0.3, -0.25) is 4.79 Å². The van der Waals surface area contributed by atoms with E-state index in [-0.39, 0.29) is 4.90 Å². The summed E-state index contributed by atoms with van der Waals surface area (Å²) in [4.78, 5) is 12.7. The molecule has 2 fully saturated rings. The third-order valence-electron chi connectivity index (χ3n) is 5.26. The fraction of sp³-hybridized carbons (Fsp3) is 0.611. The van der Waals surface area contributed by atoms with Crippen molar-refractivity contribution in [2.24, 2.45) is 0 Å². The Labute approximate surface area is 167 Å². The molecule has 2 aliphatic heterocycles. The van der Waals surface area contributed by atoms with Crippen molar-refractivity contribution in [3.63, 3.8) is 0 Å². The molecule has 2 saturated heterocycles. The summed E-state index contributed by atoms with van der Waals surface area (Å²) >= 11 is 0. The van der Waals surface area contributed by atoms with E-state index in [9.17, 15) is 21.6 Å². The van der Waals surface area contributed by atoms with Crippen LogP contribution >= 0.6 is 0 Å². The zero-order chi connectivity index (χ0) is 20.4. The number of sulfonamides is 2. The number of carbonyl (C=O) groups is 1. The van der Waals surface area contributed by atoms with Crippen molar-refractivity contribution in [3.8, 4) is 0 Å². The van der Waals surface area contributed by atoms with E-state index in [4.69, 9.17) is 0 Å². The van der Waals surface area contributed by atoms with Gasteiger partial charge in [-0.05, 0) is 49.9 Å². The van der Waals surface area contributed by atoms with Crippen LogP contribution in [-0.2, 0) is 24.8 Å². The van der Waals surface area contributed by atoms with Crippen LogP contribution in [0.25, 0.3) is 0 Å². The minimum Gasteiger partial charge on any atom is -0.325 e. The zero-order valence-corrected chi connectivity index (χ0v) is 17.6. The Morgan fingerprint density at radius 1 is 0.929 bits per heavy atom. The minimum absolute atomic E-state index is 0.200. The number of nitrogens with one attached hydrogen (secondary N) is 1. The molecule has 28 heavy (non-hydrogen) atoms. The van der Waals surface area contributed by atoms with Gasteiger partial charge in [-0.1, -0.05) is 12.8 Å². The molecule has 156 valence electrons. The van der Waals surface area contributed by atoms with Crippen molar-refractivity contribution in [2.75, 3.05) is 31.2 Å². The van der Waals surface area contributed by atoms with E-state index in [0.29, 0.717) is 38.2 Å². The standard InChI is InChI=1S/C18H27N3O5S2/c1-27(23,24)21-14-6-7-17(21)18(22)19-15-8-10-16(11-9-15)28(25,26)20-12-4-2-3-5-13-20/h8-11,17H,2-7,12-14H2,1H3,(H,19,22)/t17-/m0/s1. The van der Waals surface area contributed by atoms with Crippen LogP contribution in [0.2, 0.25) is 0 Å². The van der Waals surface area contributed by atoms with Gasteiger partial charge in [-0.25, -0.2) is 16.8 Å². The number of rotatable bonds is 5. The number of anilines is 1. The van der Waals surface area contributed by atoms with Gasteiger partial charge < -0.3 is 5.32 Å². The van der Waals surface area contributed by atoms with Crippen molar-refractivity contribution >= 4 is 31.6 Å². The highest BCUT2D eigenvalue weighted by Gasteiger charge is 2.36. The van der Waals surface area contributed by atoms with E-state index >= 15 is 0 Å². The first-order chi connectivity index (χ1) is 13.2. The van der Waals surface area contributed by atoms with Gasteiger partial charge in [-0.2, -0.15) is 8.61 Å². The molecular weight excluding hydrogens is 402 g/mol. The number of benzene rings is 1. The van der Waals surface area contributed by atoms with E-state index in [1.807, 2.05) is 0 Å². The van der Waals surface area contributed by atoms with Gasteiger partial charge in [0.05, 0.1) is 11.2 Å². The Morgan fingerprint density at radius 3 is 2.11 bits per heavy atom. The summed E-state index contributed by atoms with van der Waals surface area (Å²) < 4.78 is 51.9. The zero-order valence-electron chi connectivity index (χ0n) is 16.0. The summed E-state index contributed by atoms with van der Waals surface area (Å²) in [5.41, 5.74) is 0.445. The average molecular weight is 430 g/mol. The Balaban J connectivity index is 1.70. The van der Waals surface area contributed by atoms with E-state index in [1.54, 1.807) is 12.1 Å². The first-order valence-corrected chi connectivity index (χ1v) is 12.9. The molecule has 0 bridgehead atoms. The minimum atomic E-state index is -3.54. The van der Waals surface area contributed by atoms with Crippen molar-refractivity contribution in [2.45, 2.75) is 49.5 Å². The van der Waals surface area contributed by atoms with Crippen molar-refractivity contribution in [1.82, 2.24) is 8.61 Å². The molecule has 2 heterocycles. The smallest absolute Gasteiger partial charge is 0.243 e.